The fraction of sp³-hybridized carbons (Fsp3) is 0.0714. The summed E-state index contributed by atoms with van der Waals surface area (Å²) in [6, 6.07) is 11.4. The maximum Gasteiger partial charge on any atom is 0.203 e. The van der Waals surface area contributed by atoms with Crippen molar-refractivity contribution >= 4 is 59.9 Å². The summed E-state index contributed by atoms with van der Waals surface area (Å²) in [5.74, 6) is 0.406. The van der Waals surface area contributed by atoms with Gasteiger partial charge in [0, 0.05) is 16.7 Å². The molecule has 0 aliphatic heterocycles. The van der Waals surface area contributed by atoms with E-state index in [0.29, 0.717) is 12.2 Å². The number of halogens is 2. The standard InChI is InChI=1S/C14H8Br2O2S/c15-10-3-1-2-8-6-12(18-14(8)10)11(17)7-9-4-5-13(16)19-9/h1-6H,7H2. The van der Waals surface area contributed by atoms with Crippen LogP contribution in [-0.2, 0) is 6.42 Å². The molecule has 0 bridgehead atoms. The van der Waals surface area contributed by atoms with Gasteiger partial charge in [0.1, 0.15) is 5.58 Å². The number of fused-ring (bicyclic) bond motifs is 1. The molecule has 2 aromatic heterocycles. The third-order valence-corrected chi connectivity index (χ3v) is 4.98. The van der Waals surface area contributed by atoms with Gasteiger partial charge in [0.2, 0.25) is 5.78 Å². The number of Topliss-reactive ketones (excluding diaryl/α,β-unsaturated/α-hetero) is 1. The van der Waals surface area contributed by atoms with E-state index in [2.05, 4.69) is 31.9 Å². The fourth-order valence-corrected chi connectivity index (χ4v) is 3.80. The van der Waals surface area contributed by atoms with Gasteiger partial charge in [-0.1, -0.05) is 12.1 Å². The van der Waals surface area contributed by atoms with Crippen molar-refractivity contribution < 1.29 is 9.21 Å². The molecule has 19 heavy (non-hydrogen) atoms. The number of benzene rings is 1. The first-order chi connectivity index (χ1) is 9.13. The first kappa shape index (κ1) is 13.1. The molecular formula is C14H8Br2O2S. The van der Waals surface area contributed by atoms with Gasteiger partial charge in [-0.05, 0) is 56.1 Å². The molecule has 0 radical (unpaired) electrons. The highest BCUT2D eigenvalue weighted by molar-refractivity contribution is 9.11. The zero-order valence-electron chi connectivity index (χ0n) is 9.65. The summed E-state index contributed by atoms with van der Waals surface area (Å²) >= 11 is 8.38. The molecule has 96 valence electrons. The maximum absolute atomic E-state index is 12.2. The molecule has 0 unspecified atom stereocenters. The molecule has 0 saturated carbocycles. The Bertz CT molecular complexity index is 758. The van der Waals surface area contributed by atoms with Gasteiger partial charge in [0.05, 0.1) is 8.26 Å². The smallest absolute Gasteiger partial charge is 0.203 e. The van der Waals surface area contributed by atoms with E-state index in [1.165, 1.54) is 0 Å². The number of thiophene rings is 1. The van der Waals surface area contributed by atoms with Crippen molar-refractivity contribution in [1.82, 2.24) is 0 Å². The molecule has 0 N–H and O–H groups in total. The van der Waals surface area contributed by atoms with Crippen LogP contribution in [0.25, 0.3) is 11.0 Å². The second kappa shape index (κ2) is 5.23. The van der Waals surface area contributed by atoms with Gasteiger partial charge in [0.25, 0.3) is 0 Å². The number of hydrogen-bond donors (Lipinski definition) is 0. The quantitative estimate of drug-likeness (QED) is 0.548. The molecule has 0 saturated heterocycles. The minimum absolute atomic E-state index is 0.00236. The molecule has 3 aromatic rings. The number of ketones is 1. The molecule has 1 aromatic carbocycles. The monoisotopic (exact) mass is 398 g/mol. The van der Waals surface area contributed by atoms with E-state index in [1.807, 2.05) is 30.3 Å². The second-order valence-corrected chi connectivity index (χ2v) is 7.48. The molecule has 2 heterocycles. The second-order valence-electron chi connectivity index (χ2n) is 4.07. The topological polar surface area (TPSA) is 30.2 Å². The molecule has 2 nitrogen and oxygen atoms in total. The van der Waals surface area contributed by atoms with Crippen LogP contribution in [0.15, 0.2) is 49.1 Å². The summed E-state index contributed by atoms with van der Waals surface area (Å²) in [5.41, 5.74) is 0.721. The minimum atomic E-state index is -0.00236. The van der Waals surface area contributed by atoms with E-state index in [9.17, 15) is 4.79 Å². The summed E-state index contributed by atoms with van der Waals surface area (Å²) in [4.78, 5) is 13.2. The first-order valence-corrected chi connectivity index (χ1v) is 7.99. The molecule has 0 atom stereocenters. The predicted molar refractivity (Wildman–Crippen MR) is 84.0 cm³/mol. The number of carbonyl (C=O) groups excluding carboxylic acids is 1. The highest BCUT2D eigenvalue weighted by Crippen LogP contribution is 2.28. The first-order valence-electron chi connectivity index (χ1n) is 5.59. The highest BCUT2D eigenvalue weighted by atomic mass is 79.9. The Balaban J connectivity index is 1.91. The summed E-state index contributed by atoms with van der Waals surface area (Å²) in [6.45, 7) is 0. The molecule has 5 heteroatoms. The van der Waals surface area contributed by atoms with E-state index in [1.54, 1.807) is 17.4 Å². The number of furan rings is 1. The summed E-state index contributed by atoms with van der Waals surface area (Å²) in [5, 5.41) is 0.935. The van der Waals surface area contributed by atoms with Gasteiger partial charge < -0.3 is 4.42 Å². The van der Waals surface area contributed by atoms with Crippen LogP contribution >= 0.6 is 43.2 Å². The third-order valence-electron chi connectivity index (χ3n) is 2.73. The molecule has 0 fully saturated rings. The third kappa shape index (κ3) is 2.68. The van der Waals surface area contributed by atoms with Crippen molar-refractivity contribution in [1.29, 1.82) is 0 Å². The van der Waals surface area contributed by atoms with Gasteiger partial charge in [-0.15, -0.1) is 11.3 Å². The zero-order chi connectivity index (χ0) is 13.4. The van der Waals surface area contributed by atoms with Gasteiger partial charge in [-0.3, -0.25) is 4.79 Å². The number of hydrogen-bond acceptors (Lipinski definition) is 3. The van der Waals surface area contributed by atoms with E-state index in [0.717, 1.165) is 24.1 Å². The van der Waals surface area contributed by atoms with Crippen molar-refractivity contribution in [2.75, 3.05) is 0 Å². The fourth-order valence-electron chi connectivity index (χ4n) is 1.86. The summed E-state index contributed by atoms with van der Waals surface area (Å²) < 4.78 is 7.53. The SMILES string of the molecule is O=C(Cc1ccc(Br)s1)c1cc2cccc(Br)c2o1. The molecule has 0 amide bonds. The van der Waals surface area contributed by atoms with Crippen molar-refractivity contribution in [2.45, 2.75) is 6.42 Å². The largest absolute Gasteiger partial charge is 0.452 e. The van der Waals surface area contributed by atoms with E-state index in [-0.39, 0.29) is 5.78 Å². The lowest BCUT2D eigenvalue weighted by atomic mass is 10.2. The molecular weight excluding hydrogens is 392 g/mol. The van der Waals surface area contributed by atoms with Crippen LogP contribution in [0.3, 0.4) is 0 Å². The zero-order valence-corrected chi connectivity index (χ0v) is 13.6. The van der Waals surface area contributed by atoms with E-state index in [4.69, 9.17) is 4.42 Å². The lowest BCUT2D eigenvalue weighted by molar-refractivity contribution is 0.0969. The van der Waals surface area contributed by atoms with Crippen LogP contribution in [0.4, 0.5) is 0 Å². The van der Waals surface area contributed by atoms with Crippen LogP contribution in [0, 0.1) is 0 Å². The van der Waals surface area contributed by atoms with Crippen molar-refractivity contribution in [3.63, 3.8) is 0 Å². The Labute approximate surface area is 130 Å². The predicted octanol–water partition coefficient (Wildman–Crippen LogP) is 5.44. The van der Waals surface area contributed by atoms with Crippen LogP contribution in [-0.4, -0.2) is 5.78 Å². The van der Waals surface area contributed by atoms with E-state index < -0.39 is 0 Å². The highest BCUT2D eigenvalue weighted by Gasteiger charge is 2.15. The number of para-hydroxylation sites is 1. The van der Waals surface area contributed by atoms with Gasteiger partial charge >= 0.3 is 0 Å². The van der Waals surface area contributed by atoms with Gasteiger partial charge in [-0.25, -0.2) is 0 Å². The number of carbonyl (C=O) groups is 1. The van der Waals surface area contributed by atoms with Crippen LogP contribution < -0.4 is 0 Å². The molecule has 3 rings (SSSR count). The Morgan fingerprint density at radius 1 is 1.21 bits per heavy atom. The normalized spacial score (nSPS) is 11.1. The lowest BCUT2D eigenvalue weighted by Gasteiger charge is -1.94. The lowest BCUT2D eigenvalue weighted by Crippen LogP contribution is -1.99. The Morgan fingerprint density at radius 2 is 2.05 bits per heavy atom. The molecule has 0 aliphatic rings. The Morgan fingerprint density at radius 3 is 2.74 bits per heavy atom. The van der Waals surface area contributed by atoms with Gasteiger partial charge in [0.15, 0.2) is 5.76 Å². The molecule has 0 aliphatic carbocycles. The van der Waals surface area contributed by atoms with Crippen molar-refractivity contribution in [2.24, 2.45) is 0 Å². The molecule has 0 spiro atoms. The van der Waals surface area contributed by atoms with Crippen molar-refractivity contribution in [3.8, 4) is 0 Å². The summed E-state index contributed by atoms with van der Waals surface area (Å²) in [6.07, 6.45) is 0.369. The Hall–Kier alpha value is -0.910. The van der Waals surface area contributed by atoms with Crippen LogP contribution in [0.1, 0.15) is 15.4 Å². The Kier molecular flexibility index (Phi) is 3.60. The van der Waals surface area contributed by atoms with E-state index >= 15 is 0 Å². The van der Waals surface area contributed by atoms with Gasteiger partial charge in [-0.2, -0.15) is 0 Å². The average Bonchev–Trinajstić information content (AvgIpc) is 2.96. The minimum Gasteiger partial charge on any atom is -0.452 e. The number of rotatable bonds is 3. The van der Waals surface area contributed by atoms with Crippen LogP contribution in [0.2, 0.25) is 0 Å². The maximum atomic E-state index is 12.2. The average molecular weight is 400 g/mol. The van der Waals surface area contributed by atoms with Crippen LogP contribution in [0.5, 0.6) is 0 Å². The summed E-state index contributed by atoms with van der Waals surface area (Å²) in [7, 11) is 0. The van der Waals surface area contributed by atoms with Crippen molar-refractivity contribution in [3.05, 3.63) is 55.3 Å².